The number of hydrogen-bond acceptors (Lipinski definition) is 8. The van der Waals surface area contributed by atoms with Gasteiger partial charge in [-0.25, -0.2) is 4.79 Å². The Balaban J connectivity index is 3.00. The van der Waals surface area contributed by atoms with Crippen LogP contribution in [0.3, 0.4) is 0 Å². The quantitative estimate of drug-likeness (QED) is 0.0617. The lowest BCUT2D eigenvalue weighted by Crippen LogP contribution is -2.58. The Bertz CT molecular complexity index is 943. The first-order valence-corrected chi connectivity index (χ1v) is 13.5. The predicted molar refractivity (Wildman–Crippen MR) is 146 cm³/mol. The van der Waals surface area contributed by atoms with Gasteiger partial charge in [0.1, 0.15) is 12.1 Å². The van der Waals surface area contributed by atoms with E-state index in [1.807, 2.05) is 36.6 Å². The smallest absolute Gasteiger partial charge is 0.328 e. The van der Waals surface area contributed by atoms with Crippen molar-refractivity contribution in [3.05, 3.63) is 35.9 Å². The second-order valence-corrected chi connectivity index (χ2v) is 9.70. The SMILES string of the molecule is CSCCC(NC(=O)C(CCCN=C(N)N)NC(=O)C(N)Cc1ccccc1)C(=O)NC(C(=O)O)C(C)O. The van der Waals surface area contributed by atoms with Crippen molar-refractivity contribution in [1.29, 1.82) is 0 Å². The summed E-state index contributed by atoms with van der Waals surface area (Å²) in [6.45, 7) is 1.44. The van der Waals surface area contributed by atoms with Crippen molar-refractivity contribution < 1.29 is 29.4 Å². The standard InChI is InChI=1S/C24H39N7O6S/c1-14(32)19(23(36)37)31-22(35)18(10-12-38-2)30-21(34)17(9-6-11-28-24(26)27)29-20(33)16(25)13-15-7-4-3-5-8-15/h3-5,7-8,14,16-19,32H,6,9-13,25H2,1-2H3,(H,29,33)(H,30,34)(H,31,35)(H,36,37)(H4,26,27,28). The topological polar surface area (TPSA) is 235 Å². The third-order valence-corrected chi connectivity index (χ3v) is 6.15. The summed E-state index contributed by atoms with van der Waals surface area (Å²) in [4.78, 5) is 54.2. The van der Waals surface area contributed by atoms with E-state index in [1.165, 1.54) is 18.7 Å². The molecule has 13 nitrogen and oxygen atoms in total. The summed E-state index contributed by atoms with van der Waals surface area (Å²) in [5.41, 5.74) is 17.6. The number of nitrogens with one attached hydrogen (secondary N) is 3. The molecule has 1 aromatic carbocycles. The minimum atomic E-state index is -1.55. The normalized spacial score (nSPS) is 14.7. The van der Waals surface area contributed by atoms with Crippen LogP contribution in [-0.2, 0) is 25.6 Å². The van der Waals surface area contributed by atoms with Crippen LogP contribution in [-0.4, -0.2) is 88.7 Å². The van der Waals surface area contributed by atoms with Crippen LogP contribution < -0.4 is 33.2 Å². The molecular weight excluding hydrogens is 514 g/mol. The highest BCUT2D eigenvalue weighted by molar-refractivity contribution is 7.98. The van der Waals surface area contributed by atoms with E-state index in [4.69, 9.17) is 17.2 Å². The lowest BCUT2D eigenvalue weighted by atomic mass is 10.0. The number of thioether (sulfide) groups is 1. The van der Waals surface area contributed by atoms with Crippen LogP contribution in [0.25, 0.3) is 0 Å². The van der Waals surface area contributed by atoms with Crippen LogP contribution in [0.2, 0.25) is 0 Å². The first-order valence-electron chi connectivity index (χ1n) is 12.1. The first-order chi connectivity index (χ1) is 18.0. The molecule has 5 unspecified atom stereocenters. The predicted octanol–water partition coefficient (Wildman–Crippen LogP) is -1.72. The molecule has 0 bridgehead atoms. The monoisotopic (exact) mass is 553 g/mol. The number of guanidine groups is 1. The van der Waals surface area contributed by atoms with E-state index in [1.54, 1.807) is 0 Å². The number of aliphatic imine (C=N–C) groups is 1. The molecule has 0 spiro atoms. The van der Waals surface area contributed by atoms with E-state index in [-0.39, 0.29) is 31.8 Å². The van der Waals surface area contributed by atoms with Gasteiger partial charge >= 0.3 is 5.97 Å². The second kappa shape index (κ2) is 17.2. The molecule has 11 N–H and O–H groups in total. The molecule has 0 aliphatic rings. The molecule has 14 heteroatoms. The Morgan fingerprint density at radius 1 is 0.974 bits per heavy atom. The average molecular weight is 554 g/mol. The third kappa shape index (κ3) is 12.3. The second-order valence-electron chi connectivity index (χ2n) is 8.71. The number of aliphatic carboxylic acids is 1. The number of aliphatic hydroxyl groups excluding tert-OH is 1. The minimum Gasteiger partial charge on any atom is -0.480 e. The molecule has 0 aromatic heterocycles. The van der Waals surface area contributed by atoms with Gasteiger partial charge < -0.3 is 43.4 Å². The molecule has 0 heterocycles. The van der Waals surface area contributed by atoms with Gasteiger partial charge in [-0.1, -0.05) is 30.3 Å². The number of benzene rings is 1. The van der Waals surface area contributed by atoms with Gasteiger partial charge in [0.25, 0.3) is 0 Å². The fourth-order valence-electron chi connectivity index (χ4n) is 3.43. The number of nitrogens with two attached hydrogens (primary N) is 3. The van der Waals surface area contributed by atoms with Crippen molar-refractivity contribution in [2.45, 2.75) is 62.9 Å². The molecule has 0 fully saturated rings. The lowest BCUT2D eigenvalue weighted by molar-refractivity contribution is -0.145. The molecular formula is C24H39N7O6S. The highest BCUT2D eigenvalue weighted by atomic mass is 32.2. The van der Waals surface area contributed by atoms with Gasteiger partial charge in [-0.15, -0.1) is 0 Å². The number of rotatable bonds is 17. The number of carbonyl (C=O) groups is 4. The highest BCUT2D eigenvalue weighted by Crippen LogP contribution is 2.07. The lowest BCUT2D eigenvalue weighted by Gasteiger charge is -2.25. The minimum absolute atomic E-state index is 0.111. The summed E-state index contributed by atoms with van der Waals surface area (Å²) in [7, 11) is 0. The van der Waals surface area contributed by atoms with Gasteiger partial charge in [0.05, 0.1) is 12.1 Å². The fourth-order valence-corrected chi connectivity index (χ4v) is 3.90. The first kappa shape index (κ1) is 32.7. The van der Waals surface area contributed by atoms with Crippen molar-refractivity contribution in [1.82, 2.24) is 16.0 Å². The summed E-state index contributed by atoms with van der Waals surface area (Å²) < 4.78 is 0. The number of nitrogens with zero attached hydrogens (tertiary/aromatic N) is 1. The zero-order valence-corrected chi connectivity index (χ0v) is 22.4. The van der Waals surface area contributed by atoms with Gasteiger partial charge in [0.2, 0.25) is 17.7 Å². The Labute approximate surface area is 226 Å². The van der Waals surface area contributed by atoms with Gasteiger partial charge in [0, 0.05) is 6.54 Å². The van der Waals surface area contributed by atoms with Gasteiger partial charge in [-0.2, -0.15) is 11.8 Å². The Morgan fingerprint density at radius 2 is 1.55 bits per heavy atom. The zero-order chi connectivity index (χ0) is 28.7. The van der Waals surface area contributed by atoms with Gasteiger partial charge in [0.15, 0.2) is 12.0 Å². The molecule has 1 rings (SSSR count). The van der Waals surface area contributed by atoms with Crippen molar-refractivity contribution in [2.75, 3.05) is 18.6 Å². The fraction of sp³-hybridized carbons (Fsp3) is 0.542. The molecule has 0 radical (unpaired) electrons. The van der Waals surface area contributed by atoms with E-state index >= 15 is 0 Å². The molecule has 1 aromatic rings. The van der Waals surface area contributed by atoms with E-state index in [9.17, 15) is 29.4 Å². The molecule has 0 aliphatic carbocycles. The van der Waals surface area contributed by atoms with Crippen LogP contribution in [0.5, 0.6) is 0 Å². The molecule has 212 valence electrons. The molecule has 0 aliphatic heterocycles. The summed E-state index contributed by atoms with van der Waals surface area (Å²) in [5.74, 6) is -3.03. The van der Waals surface area contributed by atoms with Gasteiger partial charge in [-0.05, 0) is 50.2 Å². The summed E-state index contributed by atoms with van der Waals surface area (Å²) in [6, 6.07) is 4.51. The molecule has 0 saturated heterocycles. The van der Waals surface area contributed by atoms with Gasteiger partial charge in [-0.3, -0.25) is 19.4 Å². The third-order valence-electron chi connectivity index (χ3n) is 5.50. The molecule has 5 atom stereocenters. The number of hydrogen-bond donors (Lipinski definition) is 8. The number of carboxylic acid groups (broad SMARTS) is 1. The van der Waals surface area contributed by atoms with E-state index < -0.39 is 54.0 Å². The zero-order valence-electron chi connectivity index (χ0n) is 21.6. The summed E-state index contributed by atoms with van der Waals surface area (Å²) in [5, 5.41) is 26.5. The number of carboxylic acids is 1. The summed E-state index contributed by atoms with van der Waals surface area (Å²) >= 11 is 1.43. The van der Waals surface area contributed by atoms with Crippen molar-refractivity contribution in [3.8, 4) is 0 Å². The van der Waals surface area contributed by atoms with Crippen LogP contribution in [0.15, 0.2) is 35.3 Å². The number of amides is 3. The number of aliphatic hydroxyl groups is 1. The average Bonchev–Trinajstić information content (AvgIpc) is 2.86. The molecule has 0 saturated carbocycles. The highest BCUT2D eigenvalue weighted by Gasteiger charge is 2.31. The maximum atomic E-state index is 13.2. The summed E-state index contributed by atoms with van der Waals surface area (Å²) in [6.07, 6.45) is 1.38. The van der Waals surface area contributed by atoms with Crippen LogP contribution >= 0.6 is 11.8 Å². The van der Waals surface area contributed by atoms with Crippen molar-refractivity contribution >= 4 is 41.4 Å². The Morgan fingerprint density at radius 3 is 2.11 bits per heavy atom. The largest absolute Gasteiger partial charge is 0.480 e. The van der Waals surface area contributed by atoms with Crippen LogP contribution in [0.1, 0.15) is 31.7 Å². The van der Waals surface area contributed by atoms with Crippen molar-refractivity contribution in [2.24, 2.45) is 22.2 Å². The van der Waals surface area contributed by atoms with Crippen LogP contribution in [0, 0.1) is 0 Å². The molecule has 3 amide bonds. The van der Waals surface area contributed by atoms with E-state index in [0.717, 1.165) is 5.56 Å². The maximum Gasteiger partial charge on any atom is 0.328 e. The Hall–Kier alpha value is -3.36. The van der Waals surface area contributed by atoms with Crippen molar-refractivity contribution in [3.63, 3.8) is 0 Å². The number of carbonyl (C=O) groups excluding carboxylic acids is 3. The van der Waals surface area contributed by atoms with Crippen LogP contribution in [0.4, 0.5) is 0 Å². The molecule has 38 heavy (non-hydrogen) atoms. The Kier molecular flexibility index (Phi) is 14.8. The maximum absolute atomic E-state index is 13.2. The van der Waals surface area contributed by atoms with E-state index in [0.29, 0.717) is 12.2 Å². The van der Waals surface area contributed by atoms with E-state index in [2.05, 4.69) is 20.9 Å².